The Bertz CT molecular complexity index is 948. The standard InChI is InChI=1S/C14H14ClN2O5PS2/c15-23(18)16(24(19,20)13-7-3-1-4-8-13)11-12-17(23)25(21,22)14-9-5-2-6-10-14/h1-10H,11-12H2. The van der Waals surface area contributed by atoms with Crippen molar-refractivity contribution in [3.63, 3.8) is 0 Å². The molecule has 0 atom stereocenters. The second kappa shape index (κ2) is 6.50. The van der Waals surface area contributed by atoms with Gasteiger partial charge in [0.15, 0.2) is 0 Å². The van der Waals surface area contributed by atoms with Crippen LogP contribution in [-0.4, -0.2) is 38.1 Å². The summed E-state index contributed by atoms with van der Waals surface area (Å²) in [5.74, 6) is 0. The summed E-state index contributed by atoms with van der Waals surface area (Å²) >= 11 is 6.02. The van der Waals surface area contributed by atoms with Gasteiger partial charge in [0.2, 0.25) is 0 Å². The first kappa shape index (κ1) is 18.6. The zero-order chi connectivity index (χ0) is 18.3. The van der Waals surface area contributed by atoms with E-state index in [2.05, 4.69) is 0 Å². The molecule has 7 nitrogen and oxygen atoms in total. The van der Waals surface area contributed by atoms with Crippen molar-refractivity contribution in [2.45, 2.75) is 9.79 Å². The Kier molecular flexibility index (Phi) is 4.83. The van der Waals surface area contributed by atoms with Crippen molar-refractivity contribution in [2.24, 2.45) is 0 Å². The predicted octanol–water partition coefficient (Wildman–Crippen LogP) is 2.73. The molecule has 1 fully saturated rings. The molecule has 2 aromatic rings. The van der Waals surface area contributed by atoms with Crippen molar-refractivity contribution in [2.75, 3.05) is 13.1 Å². The lowest BCUT2D eigenvalue weighted by molar-refractivity contribution is 0.518. The van der Waals surface area contributed by atoms with Gasteiger partial charge in [-0.05, 0) is 35.5 Å². The van der Waals surface area contributed by atoms with Gasteiger partial charge < -0.3 is 0 Å². The molecule has 25 heavy (non-hydrogen) atoms. The van der Waals surface area contributed by atoms with Crippen LogP contribution in [0.3, 0.4) is 0 Å². The molecule has 1 aliphatic heterocycles. The monoisotopic (exact) mass is 420 g/mol. The predicted molar refractivity (Wildman–Crippen MR) is 94.1 cm³/mol. The SMILES string of the molecule is O=P1(Cl)N(S(=O)(=O)c2ccccc2)CCN1S(=O)(=O)c1ccccc1. The van der Waals surface area contributed by atoms with E-state index in [1.807, 2.05) is 0 Å². The van der Waals surface area contributed by atoms with Crippen LogP contribution >= 0.6 is 18.0 Å². The molecular weight excluding hydrogens is 407 g/mol. The summed E-state index contributed by atoms with van der Waals surface area (Å²) in [7, 11) is -8.38. The number of nitrogens with zero attached hydrogens (tertiary/aromatic N) is 2. The number of benzene rings is 2. The third-order valence-corrected chi connectivity index (χ3v) is 12.6. The normalized spacial score (nSPS) is 19.1. The summed E-state index contributed by atoms with van der Waals surface area (Å²) in [6.07, 6.45) is 0. The zero-order valence-electron chi connectivity index (χ0n) is 12.8. The maximum atomic E-state index is 13.0. The molecule has 1 heterocycles. The minimum Gasteiger partial charge on any atom is -0.269 e. The molecule has 0 saturated carbocycles. The Hall–Kier alpha value is -1.22. The highest BCUT2D eigenvalue weighted by molar-refractivity contribution is 8.07. The smallest absolute Gasteiger partial charge is 0.269 e. The Balaban J connectivity index is 2.02. The largest absolute Gasteiger partial charge is 0.331 e. The van der Waals surface area contributed by atoms with E-state index in [1.54, 1.807) is 12.1 Å². The number of hydrogen-bond donors (Lipinski definition) is 0. The summed E-state index contributed by atoms with van der Waals surface area (Å²) in [4.78, 5) is -0.204. The van der Waals surface area contributed by atoms with Crippen LogP contribution in [-0.2, 0) is 24.6 Å². The maximum Gasteiger partial charge on any atom is 0.331 e. The molecule has 1 aliphatic rings. The van der Waals surface area contributed by atoms with Gasteiger partial charge in [-0.25, -0.2) is 16.8 Å². The van der Waals surface area contributed by atoms with Gasteiger partial charge in [-0.3, -0.25) is 4.57 Å². The van der Waals surface area contributed by atoms with E-state index in [0.717, 1.165) is 0 Å². The van der Waals surface area contributed by atoms with Crippen LogP contribution in [0.25, 0.3) is 0 Å². The van der Waals surface area contributed by atoms with Gasteiger partial charge in [0.05, 0.1) is 9.79 Å². The topological polar surface area (TPSA) is 91.8 Å². The van der Waals surface area contributed by atoms with Crippen molar-refractivity contribution < 1.29 is 21.4 Å². The number of sulfonamides is 2. The molecule has 0 N–H and O–H groups in total. The van der Waals surface area contributed by atoms with E-state index < -0.39 is 26.8 Å². The highest BCUT2D eigenvalue weighted by Gasteiger charge is 2.53. The summed E-state index contributed by atoms with van der Waals surface area (Å²) in [5, 5.41) is 0. The van der Waals surface area contributed by atoms with Crippen LogP contribution in [0.15, 0.2) is 70.5 Å². The molecule has 3 rings (SSSR count). The summed E-state index contributed by atoms with van der Waals surface area (Å²) in [5.41, 5.74) is 0. The van der Waals surface area contributed by atoms with E-state index in [9.17, 15) is 21.4 Å². The molecule has 11 heteroatoms. The van der Waals surface area contributed by atoms with Gasteiger partial charge in [-0.2, -0.15) is 0 Å². The molecule has 0 spiro atoms. The first-order valence-corrected chi connectivity index (χ1v) is 12.5. The van der Waals surface area contributed by atoms with Crippen LogP contribution in [0.4, 0.5) is 0 Å². The summed E-state index contributed by atoms with van der Waals surface area (Å²) in [6, 6.07) is 14.7. The van der Waals surface area contributed by atoms with Gasteiger partial charge in [-0.15, -0.1) is 8.15 Å². The number of rotatable bonds is 4. The van der Waals surface area contributed by atoms with Crippen molar-refractivity contribution in [3.05, 3.63) is 60.7 Å². The molecule has 0 amide bonds. The Morgan fingerprint density at radius 1 is 0.720 bits per heavy atom. The Labute approximate surface area is 151 Å². The van der Waals surface area contributed by atoms with Crippen LogP contribution in [0.1, 0.15) is 0 Å². The molecule has 1 saturated heterocycles. The van der Waals surface area contributed by atoms with E-state index in [4.69, 9.17) is 11.2 Å². The first-order chi connectivity index (χ1) is 11.7. The molecule has 0 radical (unpaired) electrons. The minimum absolute atomic E-state index is 0.102. The highest BCUT2D eigenvalue weighted by atomic mass is 35.7. The van der Waals surface area contributed by atoms with Crippen LogP contribution in [0.5, 0.6) is 0 Å². The number of hydrogen-bond acceptors (Lipinski definition) is 5. The lowest BCUT2D eigenvalue weighted by atomic mass is 10.4. The van der Waals surface area contributed by atoms with Crippen LogP contribution in [0.2, 0.25) is 0 Å². The molecule has 0 bridgehead atoms. The van der Waals surface area contributed by atoms with Crippen molar-refractivity contribution in [1.29, 1.82) is 0 Å². The Morgan fingerprint density at radius 2 is 1.04 bits per heavy atom. The third-order valence-electron chi connectivity index (χ3n) is 3.67. The quantitative estimate of drug-likeness (QED) is 0.709. The second-order valence-electron chi connectivity index (χ2n) is 5.20. The average Bonchev–Trinajstić information content (AvgIpc) is 2.93. The van der Waals surface area contributed by atoms with Crippen LogP contribution in [0, 0.1) is 0 Å². The second-order valence-corrected chi connectivity index (χ2v) is 12.7. The fourth-order valence-corrected chi connectivity index (χ4v) is 10.8. The van der Waals surface area contributed by atoms with Crippen molar-refractivity contribution in [3.8, 4) is 0 Å². The van der Waals surface area contributed by atoms with E-state index in [-0.39, 0.29) is 22.9 Å². The lowest BCUT2D eigenvalue weighted by Gasteiger charge is -2.23. The van der Waals surface area contributed by atoms with Crippen molar-refractivity contribution in [1.82, 2.24) is 8.15 Å². The zero-order valence-corrected chi connectivity index (χ0v) is 16.0. The fraction of sp³-hybridized carbons (Fsp3) is 0.143. The molecular formula is C14H14ClN2O5PS2. The van der Waals surface area contributed by atoms with Gasteiger partial charge in [0.25, 0.3) is 20.0 Å². The lowest BCUT2D eigenvalue weighted by Crippen LogP contribution is -2.26. The summed E-state index contributed by atoms with van der Waals surface area (Å²) in [6.45, 7) is -4.95. The average molecular weight is 421 g/mol. The summed E-state index contributed by atoms with van der Waals surface area (Å²) < 4.78 is 64.9. The van der Waals surface area contributed by atoms with E-state index in [0.29, 0.717) is 8.15 Å². The van der Waals surface area contributed by atoms with Gasteiger partial charge >= 0.3 is 6.80 Å². The minimum atomic E-state index is -4.37. The van der Waals surface area contributed by atoms with E-state index >= 15 is 0 Å². The van der Waals surface area contributed by atoms with Gasteiger partial charge in [0, 0.05) is 13.1 Å². The van der Waals surface area contributed by atoms with Gasteiger partial charge in [0.1, 0.15) is 0 Å². The van der Waals surface area contributed by atoms with Crippen LogP contribution < -0.4 is 0 Å². The van der Waals surface area contributed by atoms with E-state index in [1.165, 1.54) is 48.5 Å². The third kappa shape index (κ3) is 3.16. The molecule has 0 unspecified atom stereocenters. The van der Waals surface area contributed by atoms with Gasteiger partial charge in [-0.1, -0.05) is 36.4 Å². The molecule has 134 valence electrons. The highest BCUT2D eigenvalue weighted by Crippen LogP contribution is 2.65. The maximum absolute atomic E-state index is 13.0. The fourth-order valence-electron chi connectivity index (χ4n) is 2.46. The molecule has 0 aliphatic carbocycles. The Morgan fingerprint density at radius 3 is 1.36 bits per heavy atom. The number of halogens is 1. The first-order valence-electron chi connectivity index (χ1n) is 7.15. The molecule has 0 aromatic heterocycles. The molecule has 2 aromatic carbocycles. The van der Waals surface area contributed by atoms with Crippen molar-refractivity contribution >= 4 is 38.1 Å².